The number of nitrogens with one attached hydrogen (secondary N) is 1. The zero-order valence-corrected chi connectivity index (χ0v) is 14.2. The number of pyridine rings is 1. The maximum atomic E-state index is 11.8. The molecule has 0 unspecified atom stereocenters. The fraction of sp³-hybridized carbons (Fsp3) is 0.176. The number of aryl methyl sites for hydroxylation is 1. The number of hydrogen-bond acceptors (Lipinski definition) is 6. The quantitative estimate of drug-likeness (QED) is 0.662. The lowest BCUT2D eigenvalue weighted by molar-refractivity contribution is -0.147. The van der Waals surface area contributed by atoms with Crippen molar-refractivity contribution in [1.82, 2.24) is 9.55 Å². The van der Waals surface area contributed by atoms with Crippen molar-refractivity contribution in [2.75, 3.05) is 11.9 Å². The van der Waals surface area contributed by atoms with Crippen molar-refractivity contribution in [2.45, 2.75) is 13.0 Å². The Morgan fingerprint density at radius 2 is 2.04 bits per heavy atom. The molecule has 3 rings (SSSR count). The van der Waals surface area contributed by atoms with Crippen LogP contribution in [0.4, 0.5) is 5.82 Å². The van der Waals surface area contributed by atoms with Crippen molar-refractivity contribution < 1.29 is 18.7 Å². The first kappa shape index (κ1) is 17.7. The van der Waals surface area contributed by atoms with E-state index in [0.29, 0.717) is 21.9 Å². The summed E-state index contributed by atoms with van der Waals surface area (Å²) in [5.74, 6) is -1.39. The Balaban J connectivity index is 1.49. The number of carbonyl (C=O) groups excluding carboxylic acids is 2. The Morgan fingerprint density at radius 3 is 2.81 bits per heavy atom. The molecule has 26 heavy (non-hydrogen) atoms. The number of hydrogen-bond donors (Lipinski definition) is 1. The minimum Gasteiger partial charge on any atom is -0.456 e. The molecule has 0 saturated carbocycles. The predicted molar refractivity (Wildman–Crippen MR) is 93.9 cm³/mol. The summed E-state index contributed by atoms with van der Waals surface area (Å²) < 4.78 is 11.3. The molecule has 0 bridgehead atoms. The smallest absolute Gasteiger partial charge is 0.419 e. The van der Waals surface area contributed by atoms with Crippen molar-refractivity contribution in [1.29, 1.82) is 0 Å². The number of esters is 1. The van der Waals surface area contributed by atoms with Crippen molar-refractivity contribution >= 4 is 40.4 Å². The molecule has 134 valence electrons. The summed E-state index contributed by atoms with van der Waals surface area (Å²) in [7, 11) is 0. The first-order chi connectivity index (χ1) is 12.5. The number of benzene rings is 1. The van der Waals surface area contributed by atoms with E-state index in [9.17, 15) is 14.4 Å². The van der Waals surface area contributed by atoms with Gasteiger partial charge >= 0.3 is 11.7 Å². The minimum atomic E-state index is -0.610. The van der Waals surface area contributed by atoms with Crippen LogP contribution in [0.5, 0.6) is 0 Å². The SMILES string of the molecule is O=C(COC(=O)CCn1c(=O)oc2ccccc21)Nc1ccc(Cl)cn1. The number of halogens is 1. The van der Waals surface area contributed by atoms with Gasteiger partial charge in [0.25, 0.3) is 5.91 Å². The van der Waals surface area contributed by atoms with Crippen LogP contribution in [0.1, 0.15) is 6.42 Å². The van der Waals surface area contributed by atoms with Crippen molar-refractivity contribution in [2.24, 2.45) is 0 Å². The molecule has 0 aliphatic rings. The van der Waals surface area contributed by atoms with Gasteiger partial charge in [0.1, 0.15) is 5.82 Å². The van der Waals surface area contributed by atoms with E-state index in [1.807, 2.05) is 0 Å². The number of anilines is 1. The second kappa shape index (κ2) is 7.83. The van der Waals surface area contributed by atoms with E-state index >= 15 is 0 Å². The predicted octanol–water partition coefficient (Wildman–Crippen LogP) is 2.21. The molecule has 1 aromatic carbocycles. The number of amides is 1. The van der Waals surface area contributed by atoms with Crippen LogP contribution in [-0.4, -0.2) is 28.0 Å². The van der Waals surface area contributed by atoms with Gasteiger partial charge in [-0.1, -0.05) is 23.7 Å². The molecular formula is C17H14ClN3O5. The third-order valence-electron chi connectivity index (χ3n) is 3.47. The third-order valence-corrected chi connectivity index (χ3v) is 3.70. The average molecular weight is 376 g/mol. The van der Waals surface area contributed by atoms with Gasteiger partial charge in [-0.05, 0) is 24.3 Å². The van der Waals surface area contributed by atoms with E-state index in [4.69, 9.17) is 20.8 Å². The molecule has 0 spiro atoms. The van der Waals surface area contributed by atoms with E-state index in [2.05, 4.69) is 10.3 Å². The summed E-state index contributed by atoms with van der Waals surface area (Å²) in [6.07, 6.45) is 1.31. The van der Waals surface area contributed by atoms with Crippen LogP contribution in [0.2, 0.25) is 5.02 Å². The Bertz CT molecular complexity index is 994. The molecular weight excluding hydrogens is 362 g/mol. The van der Waals surface area contributed by atoms with Crippen molar-refractivity contribution in [3.63, 3.8) is 0 Å². The van der Waals surface area contributed by atoms with Gasteiger partial charge in [0.05, 0.1) is 17.0 Å². The van der Waals surface area contributed by atoms with Gasteiger partial charge in [-0.2, -0.15) is 0 Å². The summed E-state index contributed by atoms with van der Waals surface area (Å²) in [5.41, 5.74) is 1.04. The molecule has 9 heteroatoms. The number of oxazole rings is 1. The molecule has 2 heterocycles. The Hall–Kier alpha value is -3.13. The normalized spacial score (nSPS) is 10.7. The second-order valence-electron chi connectivity index (χ2n) is 5.31. The van der Waals surface area contributed by atoms with Crippen LogP contribution in [0.15, 0.2) is 51.8 Å². The van der Waals surface area contributed by atoms with Crippen molar-refractivity contribution in [3.05, 3.63) is 58.2 Å². The average Bonchev–Trinajstić information content (AvgIpc) is 2.95. The fourth-order valence-electron chi connectivity index (χ4n) is 2.28. The molecule has 8 nitrogen and oxygen atoms in total. The topological polar surface area (TPSA) is 103 Å². The number of fused-ring (bicyclic) bond motifs is 1. The Morgan fingerprint density at radius 1 is 1.23 bits per heavy atom. The van der Waals surface area contributed by atoms with Gasteiger partial charge in [0.2, 0.25) is 0 Å². The third kappa shape index (κ3) is 4.28. The summed E-state index contributed by atoms with van der Waals surface area (Å²) >= 11 is 5.70. The largest absolute Gasteiger partial charge is 0.456 e. The molecule has 2 aromatic heterocycles. The monoisotopic (exact) mass is 375 g/mol. The van der Waals surface area contributed by atoms with Gasteiger partial charge < -0.3 is 14.5 Å². The first-order valence-corrected chi connectivity index (χ1v) is 8.06. The van der Waals surface area contributed by atoms with Gasteiger partial charge in [-0.25, -0.2) is 9.78 Å². The zero-order chi connectivity index (χ0) is 18.5. The highest BCUT2D eigenvalue weighted by atomic mass is 35.5. The van der Waals surface area contributed by atoms with Crippen LogP contribution in [0.3, 0.4) is 0 Å². The van der Waals surface area contributed by atoms with Gasteiger partial charge in [-0.3, -0.25) is 14.2 Å². The highest BCUT2D eigenvalue weighted by Gasteiger charge is 2.12. The second-order valence-corrected chi connectivity index (χ2v) is 5.74. The lowest BCUT2D eigenvalue weighted by Gasteiger charge is -2.06. The Labute approximate surface area is 152 Å². The van der Waals surface area contributed by atoms with Crippen LogP contribution in [-0.2, 0) is 20.9 Å². The zero-order valence-electron chi connectivity index (χ0n) is 13.5. The molecule has 1 amide bonds. The lowest BCUT2D eigenvalue weighted by atomic mass is 10.3. The molecule has 0 saturated heterocycles. The number of ether oxygens (including phenoxy) is 1. The lowest BCUT2D eigenvalue weighted by Crippen LogP contribution is -2.23. The molecule has 0 atom stereocenters. The van der Waals surface area contributed by atoms with Crippen molar-refractivity contribution in [3.8, 4) is 0 Å². The number of nitrogens with zero attached hydrogens (tertiary/aromatic N) is 2. The van der Waals surface area contributed by atoms with Gasteiger partial charge in [0, 0.05) is 12.7 Å². The van der Waals surface area contributed by atoms with Crippen LogP contribution in [0, 0.1) is 0 Å². The standard InChI is InChI=1S/C17H14ClN3O5/c18-11-5-6-14(19-9-11)20-15(22)10-25-16(23)7-8-21-12-3-1-2-4-13(12)26-17(21)24/h1-6,9H,7-8,10H2,(H,19,20,22). The highest BCUT2D eigenvalue weighted by Crippen LogP contribution is 2.12. The van der Waals surface area contributed by atoms with Gasteiger partial charge in [-0.15, -0.1) is 0 Å². The highest BCUT2D eigenvalue weighted by molar-refractivity contribution is 6.30. The van der Waals surface area contributed by atoms with Gasteiger partial charge in [0.15, 0.2) is 12.2 Å². The molecule has 3 aromatic rings. The van der Waals surface area contributed by atoms with E-state index in [-0.39, 0.29) is 13.0 Å². The fourth-order valence-corrected chi connectivity index (χ4v) is 2.39. The van der Waals surface area contributed by atoms with E-state index < -0.39 is 24.2 Å². The summed E-state index contributed by atoms with van der Waals surface area (Å²) in [6, 6.07) is 10.00. The molecule has 0 aliphatic heterocycles. The minimum absolute atomic E-state index is 0.0735. The molecule has 0 radical (unpaired) electrons. The van der Waals surface area contributed by atoms with E-state index in [0.717, 1.165) is 0 Å². The van der Waals surface area contributed by atoms with Crippen LogP contribution < -0.4 is 11.1 Å². The molecule has 0 aliphatic carbocycles. The molecule has 1 N–H and O–H groups in total. The molecule has 0 fully saturated rings. The number of rotatable bonds is 6. The summed E-state index contributed by atoms with van der Waals surface area (Å²) in [5, 5.41) is 2.91. The maximum absolute atomic E-state index is 11.8. The maximum Gasteiger partial charge on any atom is 0.419 e. The summed E-state index contributed by atoms with van der Waals surface area (Å²) in [4.78, 5) is 39.2. The number of aromatic nitrogens is 2. The number of carbonyl (C=O) groups is 2. The van der Waals surface area contributed by atoms with Crippen LogP contribution >= 0.6 is 11.6 Å². The van der Waals surface area contributed by atoms with E-state index in [1.165, 1.54) is 16.8 Å². The van der Waals surface area contributed by atoms with Crippen LogP contribution in [0.25, 0.3) is 11.1 Å². The Kier molecular flexibility index (Phi) is 5.33. The first-order valence-electron chi connectivity index (χ1n) is 7.68. The summed E-state index contributed by atoms with van der Waals surface area (Å²) in [6.45, 7) is -0.362. The van der Waals surface area contributed by atoms with E-state index in [1.54, 1.807) is 30.3 Å². The number of para-hydroxylation sites is 2.